The molecular formula is C13H18N2O4. The molecule has 1 aromatic rings. The van der Waals surface area contributed by atoms with Crippen molar-refractivity contribution in [2.24, 2.45) is 0 Å². The minimum Gasteiger partial charge on any atom is -0.508 e. The number of hydrogen-bond acceptors (Lipinski definition) is 4. The number of carboxylic acids is 1. The van der Waals surface area contributed by atoms with Crippen molar-refractivity contribution in [1.29, 1.82) is 0 Å². The summed E-state index contributed by atoms with van der Waals surface area (Å²) in [4.78, 5) is 23.9. The first-order valence-electron chi connectivity index (χ1n) is 5.98. The minimum absolute atomic E-state index is 0.113. The van der Waals surface area contributed by atoms with Gasteiger partial charge in [0.05, 0.1) is 0 Å². The number of phenolic OH excluding ortho intramolecular Hbond substituents is 1. The molecule has 0 fully saturated rings. The number of carbonyl (C=O) groups excluding carboxylic acids is 1. The van der Waals surface area contributed by atoms with Crippen LogP contribution in [0.15, 0.2) is 24.3 Å². The smallest absolute Gasteiger partial charge is 0.328 e. The molecule has 1 atom stereocenters. The Balaban J connectivity index is 2.85. The third-order valence-corrected chi connectivity index (χ3v) is 2.66. The molecule has 1 amide bonds. The number of anilines is 1. The number of nitrogens with zero attached hydrogens (tertiary/aromatic N) is 1. The van der Waals surface area contributed by atoms with Gasteiger partial charge in [0.1, 0.15) is 11.8 Å². The van der Waals surface area contributed by atoms with Crippen molar-refractivity contribution < 1.29 is 19.8 Å². The van der Waals surface area contributed by atoms with Crippen molar-refractivity contribution in [3.8, 4) is 5.75 Å². The molecule has 0 aliphatic heterocycles. The van der Waals surface area contributed by atoms with Gasteiger partial charge in [0.15, 0.2) is 0 Å². The maximum absolute atomic E-state index is 11.1. The zero-order valence-electron chi connectivity index (χ0n) is 11.0. The molecule has 3 N–H and O–H groups in total. The van der Waals surface area contributed by atoms with Gasteiger partial charge < -0.3 is 20.4 Å². The standard InChI is InChI=1S/C13H18N2O4/c1-3-15(10-5-4-6-11(17)7-10)8-12(13(18)19)14-9(2)16/h4-7,12,17H,3,8H2,1-2H3,(H,14,16)(H,18,19). The predicted molar refractivity (Wildman–Crippen MR) is 71.2 cm³/mol. The van der Waals surface area contributed by atoms with E-state index >= 15 is 0 Å². The molecule has 0 spiro atoms. The summed E-state index contributed by atoms with van der Waals surface area (Å²) in [7, 11) is 0. The lowest BCUT2D eigenvalue weighted by Crippen LogP contribution is -2.48. The number of aliphatic carboxylic acids is 1. The number of carboxylic acid groups (broad SMARTS) is 1. The second-order valence-corrected chi connectivity index (χ2v) is 4.15. The molecule has 6 heteroatoms. The summed E-state index contributed by atoms with van der Waals surface area (Å²) in [6, 6.07) is 5.56. The Kier molecular flexibility index (Phi) is 5.17. The second kappa shape index (κ2) is 6.63. The third-order valence-electron chi connectivity index (χ3n) is 2.66. The molecule has 0 saturated carbocycles. The number of nitrogens with one attached hydrogen (secondary N) is 1. The van der Waals surface area contributed by atoms with Gasteiger partial charge >= 0.3 is 5.97 Å². The van der Waals surface area contributed by atoms with E-state index < -0.39 is 12.0 Å². The number of hydrogen-bond donors (Lipinski definition) is 3. The van der Waals surface area contributed by atoms with Gasteiger partial charge in [-0.15, -0.1) is 0 Å². The van der Waals surface area contributed by atoms with Crippen molar-refractivity contribution in [2.45, 2.75) is 19.9 Å². The van der Waals surface area contributed by atoms with E-state index in [-0.39, 0.29) is 18.2 Å². The quantitative estimate of drug-likeness (QED) is 0.709. The Morgan fingerprint density at radius 2 is 2.11 bits per heavy atom. The monoisotopic (exact) mass is 266 g/mol. The van der Waals surface area contributed by atoms with Gasteiger partial charge in [-0.05, 0) is 19.1 Å². The fourth-order valence-electron chi connectivity index (χ4n) is 1.76. The van der Waals surface area contributed by atoms with Gasteiger partial charge in [-0.2, -0.15) is 0 Å². The van der Waals surface area contributed by atoms with Gasteiger partial charge in [-0.1, -0.05) is 6.07 Å². The zero-order chi connectivity index (χ0) is 14.4. The first-order chi connectivity index (χ1) is 8.93. The maximum atomic E-state index is 11.1. The molecular weight excluding hydrogens is 248 g/mol. The molecule has 0 bridgehead atoms. The van der Waals surface area contributed by atoms with Crippen LogP contribution in [0.3, 0.4) is 0 Å². The summed E-state index contributed by atoms with van der Waals surface area (Å²) < 4.78 is 0. The van der Waals surface area contributed by atoms with Crippen LogP contribution < -0.4 is 10.2 Å². The molecule has 0 saturated heterocycles. The van der Waals surface area contributed by atoms with Crippen molar-refractivity contribution in [3.63, 3.8) is 0 Å². The fourth-order valence-corrected chi connectivity index (χ4v) is 1.76. The number of rotatable bonds is 6. The SMILES string of the molecule is CCN(CC(NC(C)=O)C(=O)O)c1cccc(O)c1. The molecule has 0 aromatic heterocycles. The highest BCUT2D eigenvalue weighted by Gasteiger charge is 2.21. The van der Waals surface area contributed by atoms with E-state index in [0.29, 0.717) is 12.2 Å². The molecule has 1 rings (SSSR count). The van der Waals surface area contributed by atoms with E-state index in [1.165, 1.54) is 6.92 Å². The Bertz CT molecular complexity index is 462. The highest BCUT2D eigenvalue weighted by molar-refractivity contribution is 5.82. The molecule has 104 valence electrons. The summed E-state index contributed by atoms with van der Waals surface area (Å²) >= 11 is 0. The lowest BCUT2D eigenvalue weighted by atomic mass is 10.2. The third kappa shape index (κ3) is 4.50. The van der Waals surface area contributed by atoms with Crippen molar-refractivity contribution in [2.75, 3.05) is 18.0 Å². The molecule has 1 aromatic carbocycles. The number of benzene rings is 1. The molecule has 0 aliphatic carbocycles. The van der Waals surface area contributed by atoms with Crippen LogP contribution in [0.5, 0.6) is 5.75 Å². The topological polar surface area (TPSA) is 89.9 Å². The number of amides is 1. The van der Waals surface area contributed by atoms with E-state index in [9.17, 15) is 14.7 Å². The normalized spacial score (nSPS) is 11.7. The van der Waals surface area contributed by atoms with Crippen LogP contribution >= 0.6 is 0 Å². The molecule has 6 nitrogen and oxygen atoms in total. The van der Waals surface area contributed by atoms with Crippen LogP contribution in [0.25, 0.3) is 0 Å². The van der Waals surface area contributed by atoms with Gasteiger partial charge in [-0.25, -0.2) is 4.79 Å². The zero-order valence-corrected chi connectivity index (χ0v) is 11.0. The maximum Gasteiger partial charge on any atom is 0.328 e. The lowest BCUT2D eigenvalue weighted by Gasteiger charge is -2.26. The van der Waals surface area contributed by atoms with E-state index in [1.807, 2.05) is 6.92 Å². The van der Waals surface area contributed by atoms with Crippen molar-refractivity contribution in [1.82, 2.24) is 5.32 Å². The van der Waals surface area contributed by atoms with Gasteiger partial charge in [0, 0.05) is 31.8 Å². The first-order valence-corrected chi connectivity index (χ1v) is 5.98. The van der Waals surface area contributed by atoms with Gasteiger partial charge in [0.25, 0.3) is 0 Å². The van der Waals surface area contributed by atoms with Crippen LogP contribution in [-0.4, -0.2) is 41.2 Å². The van der Waals surface area contributed by atoms with Crippen LogP contribution in [0, 0.1) is 0 Å². The summed E-state index contributed by atoms with van der Waals surface area (Å²) in [6.45, 7) is 3.85. The van der Waals surface area contributed by atoms with E-state index in [0.717, 1.165) is 0 Å². The number of phenols is 1. The number of carbonyl (C=O) groups is 2. The van der Waals surface area contributed by atoms with Crippen LogP contribution in [0.2, 0.25) is 0 Å². The largest absolute Gasteiger partial charge is 0.508 e. The summed E-state index contributed by atoms with van der Waals surface area (Å²) in [5, 5.41) is 20.9. The first kappa shape index (κ1) is 14.8. The van der Waals surface area contributed by atoms with E-state index in [4.69, 9.17) is 5.11 Å². The Labute approximate surface area is 111 Å². The average Bonchev–Trinajstić information content (AvgIpc) is 2.33. The Morgan fingerprint density at radius 1 is 1.42 bits per heavy atom. The second-order valence-electron chi connectivity index (χ2n) is 4.15. The molecule has 0 aliphatic rings. The predicted octanol–water partition coefficient (Wildman–Crippen LogP) is 0.808. The number of likely N-dealkylation sites (N-methyl/N-ethyl adjacent to an activating group) is 1. The van der Waals surface area contributed by atoms with Crippen LogP contribution in [0.1, 0.15) is 13.8 Å². The van der Waals surface area contributed by atoms with Gasteiger partial charge in [-0.3, -0.25) is 4.79 Å². The molecule has 1 unspecified atom stereocenters. The van der Waals surface area contributed by atoms with E-state index in [2.05, 4.69) is 5.32 Å². The molecule has 0 heterocycles. The Morgan fingerprint density at radius 3 is 2.58 bits per heavy atom. The molecule has 0 radical (unpaired) electrons. The Hall–Kier alpha value is -2.24. The average molecular weight is 266 g/mol. The summed E-state index contributed by atoms with van der Waals surface area (Å²) in [5.74, 6) is -1.37. The minimum atomic E-state index is -1.09. The summed E-state index contributed by atoms with van der Waals surface area (Å²) in [6.07, 6.45) is 0. The van der Waals surface area contributed by atoms with Crippen molar-refractivity contribution >= 4 is 17.6 Å². The molecule has 19 heavy (non-hydrogen) atoms. The highest BCUT2D eigenvalue weighted by Crippen LogP contribution is 2.20. The van der Waals surface area contributed by atoms with Gasteiger partial charge in [0.2, 0.25) is 5.91 Å². The van der Waals surface area contributed by atoms with Crippen LogP contribution in [-0.2, 0) is 9.59 Å². The lowest BCUT2D eigenvalue weighted by molar-refractivity contribution is -0.141. The summed E-state index contributed by atoms with van der Waals surface area (Å²) in [5.41, 5.74) is 0.708. The van der Waals surface area contributed by atoms with Crippen LogP contribution in [0.4, 0.5) is 5.69 Å². The highest BCUT2D eigenvalue weighted by atomic mass is 16.4. The van der Waals surface area contributed by atoms with E-state index in [1.54, 1.807) is 29.2 Å². The van der Waals surface area contributed by atoms with Crippen molar-refractivity contribution in [3.05, 3.63) is 24.3 Å². The number of aromatic hydroxyl groups is 1. The fraction of sp³-hybridized carbons (Fsp3) is 0.385.